The van der Waals surface area contributed by atoms with Gasteiger partial charge in [-0.3, -0.25) is 0 Å². The van der Waals surface area contributed by atoms with Gasteiger partial charge < -0.3 is 14.7 Å². The molecule has 0 spiro atoms. The summed E-state index contributed by atoms with van der Waals surface area (Å²) in [4.78, 5) is 7.38. The molecule has 1 aromatic carbocycles. The molecule has 1 aliphatic carbocycles. The molecule has 1 saturated carbocycles. The molecule has 0 aromatic heterocycles. The second-order valence-electron chi connectivity index (χ2n) is 12.2. The molecule has 0 saturated heterocycles. The monoisotopic (exact) mass is 443 g/mol. The Morgan fingerprint density at radius 1 is 0.625 bits per heavy atom. The van der Waals surface area contributed by atoms with Gasteiger partial charge in [0.2, 0.25) is 0 Å². The minimum absolute atomic E-state index is 0.466. The molecular weight excluding hydrogens is 390 g/mol. The fourth-order valence-electron chi connectivity index (χ4n) is 6.19. The molecule has 0 aliphatic heterocycles. The van der Waals surface area contributed by atoms with Crippen molar-refractivity contribution < 1.29 is 0 Å². The molecule has 0 heterocycles. The average Bonchev–Trinajstić information content (AvgIpc) is 3.12. The SMILES string of the molecule is CC(C)c1c(N(C)C)c(C(C)C)c(N(C)CC(C)C2(C)CCCC2)c(C(C)C)c1N(C)C. The number of hydrogen-bond donors (Lipinski definition) is 0. The quantitative estimate of drug-likeness (QED) is 0.385. The lowest BCUT2D eigenvalue weighted by Gasteiger charge is -2.41. The molecule has 0 bridgehead atoms. The third kappa shape index (κ3) is 5.07. The predicted octanol–water partition coefficient (Wildman–Crippen LogP) is 7.84. The van der Waals surface area contributed by atoms with Crippen molar-refractivity contribution in [1.82, 2.24) is 0 Å². The lowest BCUT2D eigenvalue weighted by molar-refractivity contribution is 0.214. The molecule has 0 amide bonds. The fraction of sp³-hybridized carbons (Fsp3) is 0.793. The maximum absolute atomic E-state index is 2.63. The zero-order chi connectivity index (χ0) is 24.5. The van der Waals surface area contributed by atoms with E-state index < -0.39 is 0 Å². The second-order valence-corrected chi connectivity index (χ2v) is 12.2. The van der Waals surface area contributed by atoms with E-state index in [1.54, 1.807) is 0 Å². The van der Waals surface area contributed by atoms with Crippen LogP contribution < -0.4 is 14.7 Å². The number of nitrogens with zero attached hydrogens (tertiary/aromatic N) is 3. The van der Waals surface area contributed by atoms with Gasteiger partial charge in [-0.05, 0) is 41.9 Å². The first kappa shape index (κ1) is 26.9. The van der Waals surface area contributed by atoms with E-state index in [2.05, 4.69) is 105 Å². The molecule has 3 nitrogen and oxygen atoms in total. The van der Waals surface area contributed by atoms with Crippen LogP contribution in [-0.2, 0) is 0 Å². The van der Waals surface area contributed by atoms with Crippen molar-refractivity contribution in [2.24, 2.45) is 11.3 Å². The van der Waals surface area contributed by atoms with Crippen molar-refractivity contribution in [2.45, 2.75) is 98.8 Å². The summed E-state index contributed by atoms with van der Waals surface area (Å²) in [5, 5.41) is 0. The highest BCUT2D eigenvalue weighted by Gasteiger charge is 2.36. The highest BCUT2D eigenvalue weighted by molar-refractivity contribution is 5.86. The fourth-order valence-corrected chi connectivity index (χ4v) is 6.19. The van der Waals surface area contributed by atoms with Crippen LogP contribution in [0.3, 0.4) is 0 Å². The van der Waals surface area contributed by atoms with Gasteiger partial charge in [-0.2, -0.15) is 0 Å². The lowest BCUT2D eigenvalue weighted by Crippen LogP contribution is -2.35. The zero-order valence-corrected chi connectivity index (χ0v) is 23.7. The molecule has 1 aromatic rings. The Morgan fingerprint density at radius 2 is 0.969 bits per heavy atom. The topological polar surface area (TPSA) is 9.72 Å². The lowest BCUT2D eigenvalue weighted by atomic mass is 9.76. The number of hydrogen-bond acceptors (Lipinski definition) is 3. The van der Waals surface area contributed by atoms with E-state index in [-0.39, 0.29) is 0 Å². The van der Waals surface area contributed by atoms with Gasteiger partial charge in [0.05, 0.1) is 0 Å². The molecule has 2 rings (SSSR count). The molecule has 1 unspecified atom stereocenters. The van der Waals surface area contributed by atoms with Gasteiger partial charge in [-0.25, -0.2) is 0 Å². The maximum Gasteiger partial charge on any atom is 0.0476 e. The largest absolute Gasteiger partial charge is 0.377 e. The van der Waals surface area contributed by atoms with Gasteiger partial charge in [-0.15, -0.1) is 0 Å². The van der Waals surface area contributed by atoms with Crippen molar-refractivity contribution in [1.29, 1.82) is 0 Å². The average molecular weight is 444 g/mol. The maximum atomic E-state index is 2.63. The van der Waals surface area contributed by atoms with E-state index in [9.17, 15) is 0 Å². The number of benzene rings is 1. The molecule has 0 N–H and O–H groups in total. The van der Waals surface area contributed by atoms with Gasteiger partial charge in [0, 0.05) is 75.5 Å². The van der Waals surface area contributed by atoms with Gasteiger partial charge in [-0.1, -0.05) is 68.2 Å². The minimum Gasteiger partial charge on any atom is -0.377 e. The standard InChI is InChI=1S/C29H53N3/c1-19(2)23-26(30(9)10)24(20(3)4)28(25(21(5)6)27(23)31(11)12)32(13)18-22(7)29(8)16-14-15-17-29/h19-22H,14-18H2,1-13H3. The van der Waals surface area contributed by atoms with Crippen LogP contribution in [0.25, 0.3) is 0 Å². The van der Waals surface area contributed by atoms with Crippen LogP contribution in [0.2, 0.25) is 0 Å². The molecule has 1 fully saturated rings. The normalized spacial score (nSPS) is 16.9. The van der Waals surface area contributed by atoms with Gasteiger partial charge in [0.15, 0.2) is 0 Å². The Bertz CT molecular complexity index is 726. The van der Waals surface area contributed by atoms with E-state index in [1.807, 2.05) is 0 Å². The zero-order valence-electron chi connectivity index (χ0n) is 23.7. The highest BCUT2D eigenvalue weighted by Crippen LogP contribution is 2.52. The smallest absolute Gasteiger partial charge is 0.0476 e. The van der Waals surface area contributed by atoms with Crippen LogP contribution in [-0.4, -0.2) is 41.8 Å². The molecular formula is C29H53N3. The second kappa shape index (κ2) is 10.3. The van der Waals surface area contributed by atoms with Crippen LogP contribution in [0.5, 0.6) is 0 Å². The molecule has 184 valence electrons. The Kier molecular flexibility index (Phi) is 8.62. The summed E-state index contributed by atoms with van der Waals surface area (Å²) in [7, 11) is 11.3. The summed E-state index contributed by atoms with van der Waals surface area (Å²) in [5.41, 5.74) is 9.39. The van der Waals surface area contributed by atoms with Gasteiger partial charge >= 0.3 is 0 Å². The van der Waals surface area contributed by atoms with E-state index in [0.717, 1.165) is 6.54 Å². The molecule has 1 aliphatic rings. The van der Waals surface area contributed by atoms with E-state index in [0.29, 0.717) is 29.1 Å². The van der Waals surface area contributed by atoms with Gasteiger partial charge in [0.25, 0.3) is 0 Å². The number of rotatable bonds is 9. The summed E-state index contributed by atoms with van der Waals surface area (Å²) in [6, 6.07) is 0. The summed E-state index contributed by atoms with van der Waals surface area (Å²) >= 11 is 0. The third-order valence-electron chi connectivity index (χ3n) is 8.02. The van der Waals surface area contributed by atoms with E-state index >= 15 is 0 Å². The number of anilines is 3. The van der Waals surface area contributed by atoms with Crippen molar-refractivity contribution in [3.63, 3.8) is 0 Å². The Morgan fingerprint density at radius 3 is 1.28 bits per heavy atom. The summed E-state index contributed by atoms with van der Waals surface area (Å²) in [5.74, 6) is 2.09. The minimum atomic E-state index is 0.466. The van der Waals surface area contributed by atoms with E-state index in [1.165, 1.54) is 59.4 Å². The highest BCUT2D eigenvalue weighted by atomic mass is 15.1. The van der Waals surface area contributed by atoms with E-state index in [4.69, 9.17) is 0 Å². The Balaban J connectivity index is 2.84. The molecule has 32 heavy (non-hydrogen) atoms. The predicted molar refractivity (Wildman–Crippen MR) is 146 cm³/mol. The third-order valence-corrected chi connectivity index (χ3v) is 8.02. The first-order chi connectivity index (χ1) is 14.7. The summed E-state index contributed by atoms with van der Waals surface area (Å²) in [6.07, 6.45) is 5.57. The van der Waals surface area contributed by atoms with Crippen LogP contribution in [0.15, 0.2) is 0 Å². The Hall–Kier alpha value is -1.38. The van der Waals surface area contributed by atoms with Crippen molar-refractivity contribution in [3.8, 4) is 0 Å². The van der Waals surface area contributed by atoms with Crippen LogP contribution in [0.1, 0.15) is 116 Å². The summed E-state index contributed by atoms with van der Waals surface area (Å²) < 4.78 is 0. The Labute approximate surface area is 200 Å². The molecule has 3 heteroatoms. The first-order valence-corrected chi connectivity index (χ1v) is 13.0. The summed E-state index contributed by atoms with van der Waals surface area (Å²) in [6.45, 7) is 20.4. The molecule has 1 atom stereocenters. The van der Waals surface area contributed by atoms with Crippen molar-refractivity contribution in [2.75, 3.05) is 56.5 Å². The van der Waals surface area contributed by atoms with Crippen LogP contribution in [0, 0.1) is 11.3 Å². The first-order valence-electron chi connectivity index (χ1n) is 13.0. The van der Waals surface area contributed by atoms with Gasteiger partial charge in [0.1, 0.15) is 0 Å². The van der Waals surface area contributed by atoms with Crippen LogP contribution in [0.4, 0.5) is 17.1 Å². The van der Waals surface area contributed by atoms with Crippen LogP contribution >= 0.6 is 0 Å². The molecule has 0 radical (unpaired) electrons. The van der Waals surface area contributed by atoms with Crippen molar-refractivity contribution in [3.05, 3.63) is 16.7 Å². The van der Waals surface area contributed by atoms with Crippen molar-refractivity contribution >= 4 is 17.1 Å².